The molecule has 0 spiro atoms. The predicted octanol–water partition coefficient (Wildman–Crippen LogP) is 0.874. The summed E-state index contributed by atoms with van der Waals surface area (Å²) >= 11 is 0. The molecule has 5 heteroatoms. The summed E-state index contributed by atoms with van der Waals surface area (Å²) in [5.41, 5.74) is 12.7. The number of carbonyl (C=O) groups excluding carboxylic acids is 1. The van der Waals surface area contributed by atoms with Crippen molar-refractivity contribution in [2.75, 3.05) is 31.2 Å². The summed E-state index contributed by atoms with van der Waals surface area (Å²) in [5.74, 6) is -0.458. The predicted molar refractivity (Wildman–Crippen MR) is 73.5 cm³/mol. The molecular weight excluding hydrogens is 228 g/mol. The maximum atomic E-state index is 11.3. The smallest absolute Gasteiger partial charge is 0.250 e. The number of nitrogen functional groups attached to an aromatic ring is 1. The molecule has 1 aliphatic carbocycles. The van der Waals surface area contributed by atoms with Crippen LogP contribution < -0.4 is 16.8 Å². The van der Waals surface area contributed by atoms with E-state index in [1.807, 2.05) is 0 Å². The van der Waals surface area contributed by atoms with Crippen LogP contribution in [0.25, 0.3) is 0 Å². The van der Waals surface area contributed by atoms with Crippen LogP contribution in [0.5, 0.6) is 0 Å². The summed E-state index contributed by atoms with van der Waals surface area (Å²) in [7, 11) is 2.12. The van der Waals surface area contributed by atoms with Crippen molar-refractivity contribution < 1.29 is 4.79 Å². The van der Waals surface area contributed by atoms with Gasteiger partial charge in [-0.3, -0.25) is 4.79 Å². The quantitative estimate of drug-likeness (QED) is 0.652. The highest BCUT2D eigenvalue weighted by molar-refractivity contribution is 5.99. The summed E-state index contributed by atoms with van der Waals surface area (Å²) < 4.78 is 0. The van der Waals surface area contributed by atoms with Crippen LogP contribution in [0.3, 0.4) is 0 Å². The second-order valence-corrected chi connectivity index (χ2v) is 4.81. The van der Waals surface area contributed by atoms with Gasteiger partial charge in [0.15, 0.2) is 0 Å². The normalized spacial score (nSPS) is 14.8. The first-order chi connectivity index (χ1) is 8.58. The SMILES string of the molecule is CN(CCNc1ccc(N)cc1C(N)=O)C1CC1. The molecule has 1 saturated carbocycles. The van der Waals surface area contributed by atoms with Crippen molar-refractivity contribution in [2.45, 2.75) is 18.9 Å². The van der Waals surface area contributed by atoms with Gasteiger partial charge in [-0.1, -0.05) is 0 Å². The molecule has 0 bridgehead atoms. The molecule has 0 unspecified atom stereocenters. The van der Waals surface area contributed by atoms with Crippen molar-refractivity contribution in [3.63, 3.8) is 0 Å². The van der Waals surface area contributed by atoms with E-state index in [0.717, 1.165) is 24.8 Å². The summed E-state index contributed by atoms with van der Waals surface area (Å²) in [6, 6.07) is 5.91. The van der Waals surface area contributed by atoms with Gasteiger partial charge in [0.2, 0.25) is 0 Å². The highest BCUT2D eigenvalue weighted by Gasteiger charge is 2.25. The second kappa shape index (κ2) is 5.27. The molecule has 0 radical (unpaired) electrons. The van der Waals surface area contributed by atoms with E-state index < -0.39 is 5.91 Å². The molecule has 0 saturated heterocycles. The monoisotopic (exact) mass is 248 g/mol. The van der Waals surface area contributed by atoms with E-state index in [0.29, 0.717) is 11.3 Å². The van der Waals surface area contributed by atoms with Gasteiger partial charge in [0, 0.05) is 30.5 Å². The Bertz CT molecular complexity index is 443. The van der Waals surface area contributed by atoms with Gasteiger partial charge in [-0.25, -0.2) is 0 Å². The van der Waals surface area contributed by atoms with Crippen LogP contribution in [-0.4, -0.2) is 37.0 Å². The highest BCUT2D eigenvalue weighted by Crippen LogP contribution is 2.25. The lowest BCUT2D eigenvalue weighted by Gasteiger charge is -2.17. The molecule has 0 aromatic heterocycles. The van der Waals surface area contributed by atoms with E-state index in [1.54, 1.807) is 18.2 Å². The average molecular weight is 248 g/mol. The molecule has 1 amide bonds. The van der Waals surface area contributed by atoms with Crippen molar-refractivity contribution in [3.8, 4) is 0 Å². The standard InChI is InChI=1S/C13H20N4O/c1-17(10-3-4-10)7-6-16-12-5-2-9(14)8-11(12)13(15)18/h2,5,8,10,16H,3-4,6-7,14H2,1H3,(H2,15,18). The summed E-state index contributed by atoms with van der Waals surface area (Å²) in [6.07, 6.45) is 2.59. The maximum absolute atomic E-state index is 11.3. The van der Waals surface area contributed by atoms with Crippen LogP contribution in [0, 0.1) is 0 Å². The molecule has 0 atom stereocenters. The number of hydrogen-bond acceptors (Lipinski definition) is 4. The van der Waals surface area contributed by atoms with E-state index in [-0.39, 0.29) is 0 Å². The number of nitrogens with two attached hydrogens (primary N) is 2. The number of benzene rings is 1. The van der Waals surface area contributed by atoms with Gasteiger partial charge >= 0.3 is 0 Å². The second-order valence-electron chi connectivity index (χ2n) is 4.81. The minimum Gasteiger partial charge on any atom is -0.399 e. The molecule has 2 rings (SSSR count). The molecule has 18 heavy (non-hydrogen) atoms. The minimum absolute atomic E-state index is 0.448. The number of carbonyl (C=O) groups is 1. The molecule has 98 valence electrons. The number of hydrogen-bond donors (Lipinski definition) is 3. The van der Waals surface area contributed by atoms with Crippen molar-refractivity contribution in [3.05, 3.63) is 23.8 Å². The summed E-state index contributed by atoms with van der Waals surface area (Å²) in [4.78, 5) is 13.6. The van der Waals surface area contributed by atoms with Crippen LogP contribution in [0.1, 0.15) is 23.2 Å². The fourth-order valence-electron chi connectivity index (χ4n) is 1.98. The lowest BCUT2D eigenvalue weighted by Crippen LogP contribution is -2.27. The topological polar surface area (TPSA) is 84.4 Å². The molecule has 0 heterocycles. The van der Waals surface area contributed by atoms with Crippen molar-refractivity contribution in [2.24, 2.45) is 5.73 Å². The minimum atomic E-state index is -0.458. The number of amides is 1. The van der Waals surface area contributed by atoms with Crippen LogP contribution in [0.4, 0.5) is 11.4 Å². The van der Waals surface area contributed by atoms with Gasteiger partial charge < -0.3 is 21.7 Å². The zero-order valence-electron chi connectivity index (χ0n) is 10.6. The number of likely N-dealkylation sites (N-methyl/N-ethyl adjacent to an activating group) is 1. The Morgan fingerprint density at radius 2 is 2.22 bits per heavy atom. The summed E-state index contributed by atoms with van der Waals surface area (Å²) in [6.45, 7) is 1.74. The maximum Gasteiger partial charge on any atom is 0.250 e. The third-order valence-electron chi connectivity index (χ3n) is 3.26. The molecule has 5 N–H and O–H groups in total. The first-order valence-corrected chi connectivity index (χ1v) is 6.21. The lowest BCUT2D eigenvalue weighted by atomic mass is 10.1. The molecular formula is C13H20N4O. The van der Waals surface area contributed by atoms with Crippen molar-refractivity contribution in [1.29, 1.82) is 0 Å². The molecule has 1 fully saturated rings. The van der Waals surface area contributed by atoms with E-state index in [1.165, 1.54) is 12.8 Å². The Labute approximate surface area is 107 Å². The van der Waals surface area contributed by atoms with E-state index in [4.69, 9.17) is 11.5 Å². The zero-order chi connectivity index (χ0) is 13.1. The lowest BCUT2D eigenvalue weighted by molar-refractivity contribution is 0.100. The number of rotatable bonds is 6. The van der Waals surface area contributed by atoms with E-state index in [9.17, 15) is 4.79 Å². The molecule has 1 aliphatic rings. The van der Waals surface area contributed by atoms with Crippen molar-refractivity contribution in [1.82, 2.24) is 4.90 Å². The van der Waals surface area contributed by atoms with Gasteiger partial charge in [0.1, 0.15) is 0 Å². The molecule has 1 aromatic rings. The van der Waals surface area contributed by atoms with Gasteiger partial charge in [0.25, 0.3) is 5.91 Å². The van der Waals surface area contributed by atoms with Crippen LogP contribution in [-0.2, 0) is 0 Å². The first-order valence-electron chi connectivity index (χ1n) is 6.21. The number of anilines is 2. The number of nitrogens with one attached hydrogen (secondary N) is 1. The first kappa shape index (κ1) is 12.7. The Morgan fingerprint density at radius 3 is 2.83 bits per heavy atom. The van der Waals surface area contributed by atoms with Crippen LogP contribution in [0.2, 0.25) is 0 Å². The highest BCUT2D eigenvalue weighted by atomic mass is 16.1. The molecule has 0 aliphatic heterocycles. The fourth-order valence-corrected chi connectivity index (χ4v) is 1.98. The zero-order valence-corrected chi connectivity index (χ0v) is 10.6. The van der Waals surface area contributed by atoms with E-state index in [2.05, 4.69) is 17.3 Å². The Kier molecular flexibility index (Phi) is 3.72. The van der Waals surface area contributed by atoms with Crippen LogP contribution in [0.15, 0.2) is 18.2 Å². The number of nitrogens with zero attached hydrogens (tertiary/aromatic N) is 1. The molecule has 1 aromatic carbocycles. The van der Waals surface area contributed by atoms with Gasteiger partial charge in [-0.05, 0) is 38.1 Å². The fraction of sp³-hybridized carbons (Fsp3) is 0.462. The third kappa shape index (κ3) is 3.13. The average Bonchev–Trinajstić information content (AvgIpc) is 3.14. The van der Waals surface area contributed by atoms with Gasteiger partial charge in [0.05, 0.1) is 5.56 Å². The van der Waals surface area contributed by atoms with E-state index >= 15 is 0 Å². The molecule has 5 nitrogen and oxygen atoms in total. The number of primary amides is 1. The van der Waals surface area contributed by atoms with Crippen LogP contribution >= 0.6 is 0 Å². The van der Waals surface area contributed by atoms with Gasteiger partial charge in [-0.2, -0.15) is 0 Å². The largest absolute Gasteiger partial charge is 0.399 e. The Balaban J connectivity index is 1.93. The summed E-state index contributed by atoms with van der Waals surface area (Å²) in [5, 5.41) is 3.24. The van der Waals surface area contributed by atoms with Crippen molar-refractivity contribution >= 4 is 17.3 Å². The third-order valence-corrected chi connectivity index (χ3v) is 3.26. The van der Waals surface area contributed by atoms with Gasteiger partial charge in [-0.15, -0.1) is 0 Å². The Hall–Kier alpha value is -1.75. The Morgan fingerprint density at radius 1 is 1.50 bits per heavy atom.